The number of benzene rings is 2. The Morgan fingerprint density at radius 2 is 1.85 bits per heavy atom. The van der Waals surface area contributed by atoms with Crippen LogP contribution in [0.5, 0.6) is 5.75 Å². The van der Waals surface area contributed by atoms with Crippen molar-refractivity contribution in [2.75, 3.05) is 11.9 Å². The summed E-state index contributed by atoms with van der Waals surface area (Å²) in [6, 6.07) is 13.5. The molecule has 1 aliphatic rings. The molecule has 27 heavy (non-hydrogen) atoms. The van der Waals surface area contributed by atoms with E-state index >= 15 is 0 Å². The van der Waals surface area contributed by atoms with Crippen LogP contribution in [0.2, 0.25) is 0 Å². The van der Waals surface area contributed by atoms with Crippen molar-refractivity contribution in [1.29, 1.82) is 0 Å². The van der Waals surface area contributed by atoms with E-state index in [1.807, 2.05) is 38.1 Å². The van der Waals surface area contributed by atoms with Gasteiger partial charge in [0.15, 0.2) is 0 Å². The topological polar surface area (TPSA) is 84.5 Å². The van der Waals surface area contributed by atoms with Crippen molar-refractivity contribution in [3.8, 4) is 5.75 Å². The second kappa shape index (κ2) is 8.10. The quantitative estimate of drug-likeness (QED) is 0.797. The zero-order valence-corrected chi connectivity index (χ0v) is 16.3. The van der Waals surface area contributed by atoms with Crippen molar-refractivity contribution in [2.24, 2.45) is 5.92 Å². The van der Waals surface area contributed by atoms with Gasteiger partial charge in [-0.2, -0.15) is 0 Å². The van der Waals surface area contributed by atoms with E-state index in [-0.39, 0.29) is 22.8 Å². The Morgan fingerprint density at radius 3 is 2.56 bits per heavy atom. The molecule has 6 nitrogen and oxygen atoms in total. The summed E-state index contributed by atoms with van der Waals surface area (Å²) in [5.41, 5.74) is 1.56. The Morgan fingerprint density at radius 1 is 1.15 bits per heavy atom. The summed E-state index contributed by atoms with van der Waals surface area (Å²) in [5, 5.41) is 2.77. The van der Waals surface area contributed by atoms with Crippen LogP contribution in [-0.2, 0) is 21.2 Å². The maximum Gasteiger partial charge on any atom is 0.240 e. The highest BCUT2D eigenvalue weighted by Gasteiger charge is 2.25. The van der Waals surface area contributed by atoms with Gasteiger partial charge in [0.25, 0.3) is 0 Å². The summed E-state index contributed by atoms with van der Waals surface area (Å²) in [5.74, 6) is 0.975. The van der Waals surface area contributed by atoms with Gasteiger partial charge in [0.05, 0.1) is 10.9 Å². The Kier molecular flexibility index (Phi) is 5.82. The number of nitrogens with one attached hydrogen (secondary N) is 2. The number of fused-ring (bicyclic) bond motifs is 1. The average molecular weight is 388 g/mol. The van der Waals surface area contributed by atoms with Gasteiger partial charge in [0, 0.05) is 12.1 Å². The van der Waals surface area contributed by atoms with Gasteiger partial charge in [0.1, 0.15) is 12.4 Å². The standard InChI is InChI=1S/C20H24N2O4S/c1-14(2)11-20(23)21-16-7-9-18(10-8-16)27(24,25)22-17-12-15-5-3-4-6-19(15)26-13-17/h3-10,14,17,22H,11-13H2,1-2H3,(H,21,23). The Labute approximate surface area is 160 Å². The Hall–Kier alpha value is -2.38. The SMILES string of the molecule is CC(C)CC(=O)Nc1ccc(S(=O)(=O)NC2COc3ccccc3C2)cc1. The van der Waals surface area contributed by atoms with E-state index in [1.54, 1.807) is 12.1 Å². The molecular weight excluding hydrogens is 364 g/mol. The van der Waals surface area contributed by atoms with Crippen molar-refractivity contribution in [2.45, 2.75) is 37.6 Å². The van der Waals surface area contributed by atoms with Crippen LogP contribution >= 0.6 is 0 Å². The number of rotatable bonds is 6. The van der Waals surface area contributed by atoms with Gasteiger partial charge in [-0.05, 0) is 48.2 Å². The van der Waals surface area contributed by atoms with Crippen molar-refractivity contribution < 1.29 is 17.9 Å². The zero-order chi connectivity index (χ0) is 19.4. The summed E-state index contributed by atoms with van der Waals surface area (Å²) < 4.78 is 33.6. The number of carbonyl (C=O) groups excluding carboxylic acids is 1. The van der Waals surface area contributed by atoms with Gasteiger partial charge >= 0.3 is 0 Å². The molecule has 1 aliphatic heterocycles. The van der Waals surface area contributed by atoms with Crippen molar-refractivity contribution in [3.05, 3.63) is 54.1 Å². The first-order chi connectivity index (χ1) is 12.8. The van der Waals surface area contributed by atoms with E-state index < -0.39 is 10.0 Å². The van der Waals surface area contributed by atoms with E-state index in [2.05, 4.69) is 10.0 Å². The molecule has 1 heterocycles. The van der Waals surface area contributed by atoms with Gasteiger partial charge in [-0.15, -0.1) is 0 Å². The molecule has 0 fully saturated rings. The predicted octanol–water partition coefficient (Wildman–Crippen LogP) is 2.95. The Balaban J connectivity index is 1.64. The third kappa shape index (κ3) is 5.08. The molecule has 0 aliphatic carbocycles. The molecule has 1 amide bonds. The lowest BCUT2D eigenvalue weighted by Crippen LogP contribution is -2.42. The molecule has 7 heteroatoms. The molecule has 1 atom stereocenters. The van der Waals surface area contributed by atoms with E-state index in [9.17, 15) is 13.2 Å². The third-order valence-corrected chi connectivity index (χ3v) is 5.78. The van der Waals surface area contributed by atoms with Crippen molar-refractivity contribution >= 4 is 21.6 Å². The number of sulfonamides is 1. The van der Waals surface area contributed by atoms with Gasteiger partial charge in [0.2, 0.25) is 15.9 Å². The molecule has 144 valence electrons. The third-order valence-electron chi connectivity index (χ3n) is 4.24. The highest BCUT2D eigenvalue weighted by atomic mass is 32.2. The molecule has 0 radical (unpaired) electrons. The van der Waals surface area contributed by atoms with E-state index in [0.717, 1.165) is 11.3 Å². The fourth-order valence-corrected chi connectivity index (χ4v) is 4.21. The van der Waals surface area contributed by atoms with Crippen LogP contribution in [0.4, 0.5) is 5.69 Å². The number of carbonyl (C=O) groups is 1. The molecule has 3 rings (SSSR count). The van der Waals surface area contributed by atoms with Gasteiger partial charge in [-0.25, -0.2) is 13.1 Å². The number of hydrogen-bond acceptors (Lipinski definition) is 4. The minimum atomic E-state index is -3.67. The minimum Gasteiger partial charge on any atom is -0.492 e. The second-order valence-electron chi connectivity index (χ2n) is 7.11. The maximum atomic E-state index is 12.6. The van der Waals surface area contributed by atoms with Crippen LogP contribution in [-0.4, -0.2) is 27.0 Å². The van der Waals surface area contributed by atoms with Crippen LogP contribution in [0.1, 0.15) is 25.8 Å². The maximum absolute atomic E-state index is 12.6. The fraction of sp³-hybridized carbons (Fsp3) is 0.350. The minimum absolute atomic E-state index is 0.0863. The number of ether oxygens (including phenoxy) is 1. The van der Waals surface area contributed by atoms with E-state index in [4.69, 9.17) is 4.74 Å². The van der Waals surface area contributed by atoms with E-state index in [1.165, 1.54) is 12.1 Å². The molecule has 0 bridgehead atoms. The van der Waals surface area contributed by atoms with Gasteiger partial charge < -0.3 is 10.1 Å². The summed E-state index contributed by atoms with van der Waals surface area (Å²) in [6.07, 6.45) is 1.00. The highest BCUT2D eigenvalue weighted by molar-refractivity contribution is 7.89. The van der Waals surface area contributed by atoms with Crippen LogP contribution in [0.25, 0.3) is 0 Å². The summed E-state index contributed by atoms with van der Waals surface area (Å²) in [6.45, 7) is 4.22. The van der Waals surface area contributed by atoms with Gasteiger partial charge in [-0.1, -0.05) is 32.0 Å². The molecule has 2 aromatic carbocycles. The van der Waals surface area contributed by atoms with E-state index in [0.29, 0.717) is 25.1 Å². The number of anilines is 1. The monoisotopic (exact) mass is 388 g/mol. The normalized spacial score (nSPS) is 16.5. The average Bonchev–Trinajstić information content (AvgIpc) is 2.61. The lowest BCUT2D eigenvalue weighted by Gasteiger charge is -2.25. The molecular formula is C20H24N2O4S. The molecule has 2 aromatic rings. The Bertz CT molecular complexity index is 908. The largest absolute Gasteiger partial charge is 0.492 e. The van der Waals surface area contributed by atoms with Crippen LogP contribution < -0.4 is 14.8 Å². The lowest BCUT2D eigenvalue weighted by atomic mass is 10.0. The second-order valence-corrected chi connectivity index (χ2v) is 8.83. The molecule has 0 saturated heterocycles. The van der Waals surface area contributed by atoms with Gasteiger partial charge in [-0.3, -0.25) is 4.79 Å². The summed E-state index contributed by atoms with van der Waals surface area (Å²) in [7, 11) is -3.67. The zero-order valence-electron chi connectivity index (χ0n) is 15.4. The molecule has 2 N–H and O–H groups in total. The summed E-state index contributed by atoms with van der Waals surface area (Å²) >= 11 is 0. The molecule has 0 saturated carbocycles. The molecule has 1 unspecified atom stereocenters. The number of amides is 1. The first-order valence-electron chi connectivity index (χ1n) is 8.96. The van der Waals surface area contributed by atoms with Crippen LogP contribution in [0.15, 0.2) is 53.4 Å². The first-order valence-corrected chi connectivity index (χ1v) is 10.4. The van der Waals surface area contributed by atoms with Crippen molar-refractivity contribution in [3.63, 3.8) is 0 Å². The van der Waals surface area contributed by atoms with Crippen molar-refractivity contribution in [1.82, 2.24) is 4.72 Å². The first kappa shape index (κ1) is 19.4. The molecule has 0 spiro atoms. The predicted molar refractivity (Wildman–Crippen MR) is 104 cm³/mol. The van der Waals surface area contributed by atoms with Crippen LogP contribution in [0.3, 0.4) is 0 Å². The fourth-order valence-electron chi connectivity index (χ4n) is 2.99. The number of hydrogen-bond donors (Lipinski definition) is 2. The highest BCUT2D eigenvalue weighted by Crippen LogP contribution is 2.25. The summed E-state index contributed by atoms with van der Waals surface area (Å²) in [4.78, 5) is 12.0. The number of para-hydroxylation sites is 1. The van der Waals surface area contributed by atoms with Crippen LogP contribution in [0, 0.1) is 5.92 Å². The smallest absolute Gasteiger partial charge is 0.240 e. The lowest BCUT2D eigenvalue weighted by molar-refractivity contribution is -0.116. The molecule has 0 aromatic heterocycles.